The summed E-state index contributed by atoms with van der Waals surface area (Å²) >= 11 is 0. The smallest absolute Gasteiger partial charge is 0.257 e. The van der Waals surface area contributed by atoms with Gasteiger partial charge in [-0.05, 0) is 25.0 Å². The quantitative estimate of drug-likeness (QED) is 0.849. The van der Waals surface area contributed by atoms with Crippen molar-refractivity contribution in [2.24, 2.45) is 0 Å². The van der Waals surface area contributed by atoms with Gasteiger partial charge < -0.3 is 19.1 Å². The first kappa shape index (κ1) is 15.7. The van der Waals surface area contributed by atoms with Gasteiger partial charge in [-0.2, -0.15) is 0 Å². The van der Waals surface area contributed by atoms with Crippen LogP contribution in [0.4, 0.5) is 0 Å². The molecule has 1 aromatic carbocycles. The average Bonchev–Trinajstić information content (AvgIpc) is 2.68. The SMILES string of the molecule is O=C(c1cccc2c1OCCO2)N1CCCC(Oc2ccncn2)C1. The van der Waals surface area contributed by atoms with Crippen molar-refractivity contribution in [3.05, 3.63) is 42.4 Å². The van der Waals surface area contributed by atoms with Gasteiger partial charge in [-0.25, -0.2) is 9.97 Å². The molecule has 3 heterocycles. The Labute approximate surface area is 145 Å². The molecule has 1 atom stereocenters. The molecule has 0 spiro atoms. The van der Waals surface area contributed by atoms with Crippen LogP contribution in [0.1, 0.15) is 23.2 Å². The maximum atomic E-state index is 13.0. The third-order valence-electron chi connectivity index (χ3n) is 4.30. The zero-order valence-corrected chi connectivity index (χ0v) is 13.8. The van der Waals surface area contributed by atoms with E-state index in [2.05, 4.69) is 9.97 Å². The fourth-order valence-corrected chi connectivity index (χ4v) is 3.15. The Hall–Kier alpha value is -2.83. The number of carbonyl (C=O) groups is 1. The Morgan fingerprint density at radius 2 is 2.16 bits per heavy atom. The highest BCUT2D eigenvalue weighted by Crippen LogP contribution is 2.34. The zero-order valence-electron chi connectivity index (χ0n) is 13.8. The number of hydrogen-bond acceptors (Lipinski definition) is 6. The Kier molecular flexibility index (Phi) is 4.37. The highest BCUT2D eigenvalue weighted by atomic mass is 16.6. The Morgan fingerprint density at radius 3 is 3.04 bits per heavy atom. The van der Waals surface area contributed by atoms with Crippen LogP contribution in [0.3, 0.4) is 0 Å². The number of benzene rings is 1. The summed E-state index contributed by atoms with van der Waals surface area (Å²) < 4.78 is 17.1. The average molecular weight is 341 g/mol. The van der Waals surface area contributed by atoms with Gasteiger partial charge in [0.15, 0.2) is 11.5 Å². The van der Waals surface area contributed by atoms with E-state index in [9.17, 15) is 4.79 Å². The number of carbonyl (C=O) groups excluding carboxylic acids is 1. The lowest BCUT2D eigenvalue weighted by atomic mass is 10.1. The van der Waals surface area contributed by atoms with Gasteiger partial charge in [0, 0.05) is 18.8 Å². The van der Waals surface area contributed by atoms with Gasteiger partial charge in [0.1, 0.15) is 25.6 Å². The van der Waals surface area contributed by atoms with Crippen LogP contribution in [0.15, 0.2) is 36.8 Å². The van der Waals surface area contributed by atoms with E-state index in [0.717, 1.165) is 12.8 Å². The van der Waals surface area contributed by atoms with Gasteiger partial charge in [0.25, 0.3) is 5.91 Å². The molecule has 130 valence electrons. The Morgan fingerprint density at radius 1 is 1.24 bits per heavy atom. The molecule has 2 aromatic rings. The predicted octanol–water partition coefficient (Wildman–Crippen LogP) is 1.93. The van der Waals surface area contributed by atoms with E-state index >= 15 is 0 Å². The zero-order chi connectivity index (χ0) is 17.1. The van der Waals surface area contributed by atoms with Crippen LogP contribution in [0.2, 0.25) is 0 Å². The summed E-state index contributed by atoms with van der Waals surface area (Å²) in [6.45, 7) is 2.18. The second-order valence-corrected chi connectivity index (χ2v) is 6.01. The number of fused-ring (bicyclic) bond motifs is 1. The van der Waals surface area contributed by atoms with Gasteiger partial charge >= 0.3 is 0 Å². The van der Waals surface area contributed by atoms with Crippen molar-refractivity contribution in [1.29, 1.82) is 0 Å². The first-order chi connectivity index (χ1) is 12.3. The molecular formula is C18H19N3O4. The number of nitrogens with zero attached hydrogens (tertiary/aromatic N) is 3. The summed E-state index contributed by atoms with van der Waals surface area (Å²) in [5, 5.41) is 0. The number of likely N-dealkylation sites (tertiary alicyclic amines) is 1. The first-order valence-corrected chi connectivity index (χ1v) is 8.42. The number of piperidine rings is 1. The molecule has 0 N–H and O–H groups in total. The standard InChI is InChI=1S/C18H19N3O4/c22-18(14-4-1-5-15-17(14)24-10-9-23-15)21-8-2-3-13(11-21)25-16-6-7-19-12-20-16/h1,4-7,12-13H,2-3,8-11H2. The van der Waals surface area contributed by atoms with Crippen LogP contribution in [0.25, 0.3) is 0 Å². The molecule has 1 fully saturated rings. The summed E-state index contributed by atoms with van der Waals surface area (Å²) in [7, 11) is 0. The molecular weight excluding hydrogens is 322 g/mol. The third-order valence-corrected chi connectivity index (χ3v) is 4.30. The van der Waals surface area contributed by atoms with Crippen LogP contribution >= 0.6 is 0 Å². The van der Waals surface area contributed by atoms with Crippen molar-refractivity contribution >= 4 is 5.91 Å². The van der Waals surface area contributed by atoms with Crippen molar-refractivity contribution in [2.45, 2.75) is 18.9 Å². The number of para-hydroxylation sites is 1. The molecule has 0 radical (unpaired) electrons. The summed E-state index contributed by atoms with van der Waals surface area (Å²) in [4.78, 5) is 22.8. The van der Waals surface area contributed by atoms with Gasteiger partial charge in [0.05, 0.1) is 12.1 Å². The number of amides is 1. The van der Waals surface area contributed by atoms with Crippen molar-refractivity contribution in [3.8, 4) is 17.4 Å². The highest BCUT2D eigenvalue weighted by Gasteiger charge is 2.29. The highest BCUT2D eigenvalue weighted by molar-refractivity contribution is 5.98. The predicted molar refractivity (Wildman–Crippen MR) is 89.0 cm³/mol. The Bertz CT molecular complexity index is 753. The van der Waals surface area contributed by atoms with Gasteiger partial charge in [-0.1, -0.05) is 6.07 Å². The first-order valence-electron chi connectivity index (χ1n) is 8.42. The van der Waals surface area contributed by atoms with Gasteiger partial charge in [0.2, 0.25) is 5.88 Å². The van der Waals surface area contributed by atoms with Crippen LogP contribution in [-0.2, 0) is 0 Å². The molecule has 1 amide bonds. The molecule has 25 heavy (non-hydrogen) atoms. The molecule has 0 bridgehead atoms. The Balaban J connectivity index is 1.49. The van der Waals surface area contributed by atoms with E-state index in [1.165, 1.54) is 6.33 Å². The molecule has 2 aliphatic rings. The minimum absolute atomic E-state index is 0.0571. The lowest BCUT2D eigenvalue weighted by molar-refractivity contribution is 0.0520. The van der Waals surface area contributed by atoms with E-state index < -0.39 is 0 Å². The number of aromatic nitrogens is 2. The topological polar surface area (TPSA) is 73.8 Å². The van der Waals surface area contributed by atoms with Crippen molar-refractivity contribution in [2.75, 3.05) is 26.3 Å². The molecule has 1 aromatic heterocycles. The van der Waals surface area contributed by atoms with E-state index in [4.69, 9.17) is 14.2 Å². The summed E-state index contributed by atoms with van der Waals surface area (Å²) in [6.07, 6.45) is 4.79. The monoisotopic (exact) mass is 341 g/mol. The molecule has 7 heteroatoms. The lowest BCUT2D eigenvalue weighted by Crippen LogP contribution is -2.44. The van der Waals surface area contributed by atoms with E-state index in [1.807, 2.05) is 17.0 Å². The second kappa shape index (κ2) is 6.96. The van der Waals surface area contributed by atoms with Crippen LogP contribution in [0, 0.1) is 0 Å². The molecule has 2 aliphatic heterocycles. The van der Waals surface area contributed by atoms with Crippen LogP contribution in [-0.4, -0.2) is 53.2 Å². The summed E-state index contributed by atoms with van der Waals surface area (Å²) in [5.41, 5.74) is 0.542. The molecule has 4 rings (SSSR count). The van der Waals surface area contributed by atoms with E-state index in [0.29, 0.717) is 49.2 Å². The maximum Gasteiger partial charge on any atom is 0.257 e. The third kappa shape index (κ3) is 3.35. The normalized spacial score (nSPS) is 19.4. The van der Waals surface area contributed by atoms with Crippen LogP contribution < -0.4 is 14.2 Å². The lowest BCUT2D eigenvalue weighted by Gasteiger charge is -2.33. The largest absolute Gasteiger partial charge is 0.486 e. The minimum atomic E-state index is -0.0793. The van der Waals surface area contributed by atoms with Gasteiger partial charge in [-0.3, -0.25) is 4.79 Å². The van der Waals surface area contributed by atoms with Crippen molar-refractivity contribution in [3.63, 3.8) is 0 Å². The van der Waals surface area contributed by atoms with Crippen molar-refractivity contribution < 1.29 is 19.0 Å². The number of hydrogen-bond donors (Lipinski definition) is 0. The van der Waals surface area contributed by atoms with Crippen molar-refractivity contribution in [1.82, 2.24) is 14.9 Å². The molecule has 1 unspecified atom stereocenters. The molecule has 7 nitrogen and oxygen atoms in total. The van der Waals surface area contributed by atoms with E-state index in [1.54, 1.807) is 18.3 Å². The number of rotatable bonds is 3. The fraction of sp³-hybridized carbons (Fsp3) is 0.389. The fourth-order valence-electron chi connectivity index (χ4n) is 3.15. The summed E-state index contributed by atoms with van der Waals surface area (Å²) in [6, 6.07) is 7.15. The second-order valence-electron chi connectivity index (χ2n) is 6.01. The van der Waals surface area contributed by atoms with E-state index in [-0.39, 0.29) is 12.0 Å². The number of ether oxygens (including phenoxy) is 3. The maximum absolute atomic E-state index is 13.0. The molecule has 1 saturated heterocycles. The summed E-state index contributed by atoms with van der Waals surface area (Å²) in [5.74, 6) is 1.64. The van der Waals surface area contributed by atoms with Gasteiger partial charge in [-0.15, -0.1) is 0 Å². The molecule has 0 saturated carbocycles. The molecule has 0 aliphatic carbocycles. The van der Waals surface area contributed by atoms with Crippen LogP contribution in [0.5, 0.6) is 17.4 Å². The minimum Gasteiger partial charge on any atom is -0.486 e.